The normalized spacial score (nSPS) is 13.3. The fraction of sp³-hybridized carbons (Fsp3) is 0.235. The van der Waals surface area contributed by atoms with Crippen molar-refractivity contribution in [1.29, 1.82) is 0 Å². The van der Waals surface area contributed by atoms with Gasteiger partial charge in [0.05, 0.1) is 0 Å². The molecule has 0 atom stereocenters. The fourth-order valence-electron chi connectivity index (χ4n) is 1.96. The maximum absolute atomic E-state index is 4.32. The smallest absolute Gasteiger partial charge is 0.126 e. The molecule has 1 rings (SSSR count). The molecule has 1 aromatic rings. The number of likely N-dealkylation sites (N-methyl/N-ethyl adjacent to an activating group) is 1. The van der Waals surface area contributed by atoms with E-state index < -0.39 is 0 Å². The van der Waals surface area contributed by atoms with Crippen LogP contribution in [0.15, 0.2) is 49.0 Å². The van der Waals surface area contributed by atoms with Crippen LogP contribution in [0.1, 0.15) is 13.8 Å². The first-order valence-electron chi connectivity index (χ1n) is 6.60. The van der Waals surface area contributed by atoms with Gasteiger partial charge in [-0.05, 0) is 48.2 Å². The SMILES string of the molecule is C=CN(C)/C(=C\C)C(=C)/C=c1/cc(NC)nc/c1=C/C. The number of nitrogens with one attached hydrogen (secondary N) is 1. The highest BCUT2D eigenvalue weighted by Crippen LogP contribution is 2.13. The minimum absolute atomic E-state index is 0.841. The van der Waals surface area contributed by atoms with Crippen LogP contribution in [0.4, 0.5) is 5.82 Å². The molecule has 1 aromatic heterocycles. The Bertz CT molecular complexity index is 639. The van der Waals surface area contributed by atoms with E-state index in [-0.39, 0.29) is 0 Å². The van der Waals surface area contributed by atoms with Gasteiger partial charge in [-0.2, -0.15) is 0 Å². The highest BCUT2D eigenvalue weighted by atomic mass is 15.1. The number of nitrogens with zero attached hydrogens (tertiary/aromatic N) is 2. The summed E-state index contributed by atoms with van der Waals surface area (Å²) in [6.07, 6.45) is 9.76. The largest absolute Gasteiger partial charge is 0.373 e. The summed E-state index contributed by atoms with van der Waals surface area (Å²) in [5.74, 6) is 0.841. The van der Waals surface area contributed by atoms with Gasteiger partial charge in [-0.15, -0.1) is 0 Å². The van der Waals surface area contributed by atoms with Gasteiger partial charge in [-0.25, -0.2) is 4.98 Å². The van der Waals surface area contributed by atoms with Gasteiger partial charge >= 0.3 is 0 Å². The topological polar surface area (TPSA) is 28.2 Å². The minimum atomic E-state index is 0.841. The summed E-state index contributed by atoms with van der Waals surface area (Å²) in [4.78, 5) is 6.27. The Balaban J connectivity index is 3.36. The van der Waals surface area contributed by atoms with Crippen LogP contribution in [-0.2, 0) is 0 Å². The molecule has 3 heteroatoms. The second-order valence-electron chi connectivity index (χ2n) is 4.37. The molecule has 0 saturated heterocycles. The Hall–Kier alpha value is -2.29. The standard InChI is InChI=1S/C17H23N3/c1-7-14-12-19-17(18-5)11-15(14)10-13(4)16(8-2)20(6)9-3/h7-12,18H,3-4H2,1-2,5-6H3/b14-7-,15-10-,16-8-. The molecule has 3 nitrogen and oxygen atoms in total. The Labute approximate surface area is 121 Å². The third kappa shape index (κ3) is 3.60. The van der Waals surface area contributed by atoms with Crippen molar-refractivity contribution in [1.82, 2.24) is 9.88 Å². The lowest BCUT2D eigenvalue weighted by Gasteiger charge is -2.18. The van der Waals surface area contributed by atoms with Crippen LogP contribution in [-0.4, -0.2) is 24.0 Å². The van der Waals surface area contributed by atoms with Gasteiger partial charge in [0, 0.05) is 26.0 Å². The Morgan fingerprint density at radius 1 is 1.35 bits per heavy atom. The molecule has 0 aromatic carbocycles. The van der Waals surface area contributed by atoms with Gasteiger partial charge in [-0.1, -0.05) is 25.3 Å². The van der Waals surface area contributed by atoms with Crippen molar-refractivity contribution in [2.24, 2.45) is 0 Å². The summed E-state index contributed by atoms with van der Waals surface area (Å²) in [6, 6.07) is 2.02. The van der Waals surface area contributed by atoms with Crippen LogP contribution in [0.2, 0.25) is 0 Å². The van der Waals surface area contributed by atoms with Crippen molar-refractivity contribution >= 4 is 18.0 Å². The van der Waals surface area contributed by atoms with Crippen LogP contribution in [0.3, 0.4) is 0 Å². The van der Waals surface area contributed by atoms with E-state index in [1.807, 2.05) is 57.3 Å². The molecule has 0 aliphatic rings. The van der Waals surface area contributed by atoms with Crippen molar-refractivity contribution in [3.63, 3.8) is 0 Å². The quantitative estimate of drug-likeness (QED) is 0.831. The molecule has 20 heavy (non-hydrogen) atoms. The zero-order valence-electron chi connectivity index (χ0n) is 12.8. The summed E-state index contributed by atoms with van der Waals surface area (Å²) in [6.45, 7) is 11.9. The van der Waals surface area contributed by atoms with E-state index in [0.29, 0.717) is 0 Å². The van der Waals surface area contributed by atoms with Gasteiger partial charge in [0.2, 0.25) is 0 Å². The maximum atomic E-state index is 4.32. The Morgan fingerprint density at radius 3 is 2.55 bits per heavy atom. The zero-order chi connectivity index (χ0) is 15.1. The van der Waals surface area contributed by atoms with Crippen LogP contribution in [0.25, 0.3) is 12.2 Å². The van der Waals surface area contributed by atoms with Crippen molar-refractivity contribution < 1.29 is 0 Å². The predicted molar refractivity (Wildman–Crippen MR) is 88.5 cm³/mol. The second kappa shape index (κ2) is 7.34. The average Bonchev–Trinajstić information content (AvgIpc) is 2.47. The van der Waals surface area contributed by atoms with Gasteiger partial charge in [0.25, 0.3) is 0 Å². The van der Waals surface area contributed by atoms with E-state index in [1.165, 1.54) is 0 Å². The number of hydrogen-bond donors (Lipinski definition) is 1. The lowest BCUT2D eigenvalue weighted by molar-refractivity contribution is 0.585. The van der Waals surface area contributed by atoms with E-state index >= 15 is 0 Å². The summed E-state index contributed by atoms with van der Waals surface area (Å²) in [5.41, 5.74) is 1.97. The molecule has 0 aliphatic heterocycles. The Morgan fingerprint density at radius 2 is 2.05 bits per heavy atom. The lowest BCUT2D eigenvalue weighted by Crippen LogP contribution is -2.26. The third-order valence-corrected chi connectivity index (χ3v) is 3.12. The molecule has 0 fully saturated rings. The van der Waals surface area contributed by atoms with Gasteiger partial charge in [0.15, 0.2) is 0 Å². The molecule has 0 radical (unpaired) electrons. The molecule has 0 spiro atoms. The number of hydrogen-bond acceptors (Lipinski definition) is 3. The number of allylic oxidation sites excluding steroid dienone is 2. The first kappa shape index (κ1) is 15.8. The molecule has 0 bridgehead atoms. The highest BCUT2D eigenvalue weighted by Gasteiger charge is 2.02. The molecule has 0 unspecified atom stereocenters. The van der Waals surface area contributed by atoms with Crippen LogP contribution in [0, 0.1) is 0 Å². The summed E-state index contributed by atoms with van der Waals surface area (Å²) in [7, 11) is 3.82. The third-order valence-electron chi connectivity index (χ3n) is 3.12. The van der Waals surface area contributed by atoms with E-state index in [0.717, 1.165) is 27.5 Å². The van der Waals surface area contributed by atoms with Crippen molar-refractivity contribution in [2.75, 3.05) is 19.4 Å². The lowest BCUT2D eigenvalue weighted by atomic mass is 10.1. The van der Waals surface area contributed by atoms with E-state index in [4.69, 9.17) is 0 Å². The number of rotatable bonds is 5. The van der Waals surface area contributed by atoms with Crippen LogP contribution < -0.4 is 15.8 Å². The fourth-order valence-corrected chi connectivity index (χ4v) is 1.96. The van der Waals surface area contributed by atoms with E-state index in [2.05, 4.69) is 29.5 Å². The molecule has 1 N–H and O–H groups in total. The Kier molecular flexibility index (Phi) is 5.78. The van der Waals surface area contributed by atoms with Crippen molar-refractivity contribution in [3.8, 4) is 0 Å². The molecule has 1 heterocycles. The zero-order valence-corrected chi connectivity index (χ0v) is 12.8. The minimum Gasteiger partial charge on any atom is -0.373 e. The summed E-state index contributed by atoms with van der Waals surface area (Å²) >= 11 is 0. The van der Waals surface area contributed by atoms with Crippen molar-refractivity contribution in [2.45, 2.75) is 13.8 Å². The van der Waals surface area contributed by atoms with Gasteiger partial charge in [-0.3, -0.25) is 0 Å². The second-order valence-corrected chi connectivity index (χ2v) is 4.37. The molecule has 0 aliphatic carbocycles. The first-order chi connectivity index (χ1) is 9.57. The van der Waals surface area contributed by atoms with Crippen molar-refractivity contribution in [3.05, 3.63) is 59.4 Å². The summed E-state index contributed by atoms with van der Waals surface area (Å²) < 4.78 is 0. The molecule has 0 amide bonds. The molecule has 0 saturated carbocycles. The number of pyridine rings is 1. The number of anilines is 1. The number of aromatic nitrogens is 1. The summed E-state index contributed by atoms with van der Waals surface area (Å²) in [5, 5.41) is 5.23. The maximum Gasteiger partial charge on any atom is 0.126 e. The van der Waals surface area contributed by atoms with Crippen LogP contribution in [0.5, 0.6) is 0 Å². The molecule has 106 valence electrons. The van der Waals surface area contributed by atoms with Gasteiger partial charge < -0.3 is 10.2 Å². The van der Waals surface area contributed by atoms with E-state index in [1.54, 1.807) is 6.20 Å². The first-order valence-corrected chi connectivity index (χ1v) is 6.60. The predicted octanol–water partition coefficient (Wildman–Crippen LogP) is 2.24. The highest BCUT2D eigenvalue weighted by molar-refractivity contribution is 5.57. The average molecular weight is 269 g/mol. The van der Waals surface area contributed by atoms with Gasteiger partial charge in [0.1, 0.15) is 5.82 Å². The monoisotopic (exact) mass is 269 g/mol. The van der Waals surface area contributed by atoms with E-state index in [9.17, 15) is 0 Å². The van der Waals surface area contributed by atoms with Crippen LogP contribution >= 0.6 is 0 Å². The molecular formula is C17H23N3. The molecular weight excluding hydrogens is 246 g/mol.